The fourth-order valence-electron chi connectivity index (χ4n) is 10.2. The molecule has 0 saturated heterocycles. The number of aliphatic carboxylic acids is 1. The van der Waals surface area contributed by atoms with Crippen LogP contribution in [0.25, 0.3) is 75.1 Å². The van der Waals surface area contributed by atoms with Gasteiger partial charge in [0.05, 0.1) is 51.6 Å². The van der Waals surface area contributed by atoms with Crippen LogP contribution < -0.4 is 44.8 Å². The lowest BCUT2D eigenvalue weighted by Gasteiger charge is -2.11. The highest BCUT2D eigenvalue weighted by molar-refractivity contribution is 15.0. The van der Waals surface area contributed by atoms with Gasteiger partial charge >= 0.3 is 35.4 Å². The molecule has 0 fully saturated rings. The summed E-state index contributed by atoms with van der Waals surface area (Å²) in [6, 6.07) is 19.1. The number of benzene rings is 4. The minimum atomic E-state index is -5.24. The van der Waals surface area contributed by atoms with E-state index in [1.54, 1.807) is 48.4 Å². The molecular weight excluding hydrogens is 1750 g/mol. The van der Waals surface area contributed by atoms with Crippen LogP contribution in [-0.4, -0.2) is 85.7 Å². The van der Waals surface area contributed by atoms with Gasteiger partial charge in [-0.1, -0.05) is 44.3 Å². The number of carbonyl (C=O) groups is 3. The van der Waals surface area contributed by atoms with E-state index in [2.05, 4.69) is 73.3 Å². The van der Waals surface area contributed by atoms with E-state index in [9.17, 15) is 87.1 Å². The Morgan fingerprint density at radius 1 is 0.542 bits per heavy atom. The summed E-state index contributed by atoms with van der Waals surface area (Å²) in [6.07, 6.45) is -10.8. The molecule has 0 unspecified atom stereocenters. The second-order valence-electron chi connectivity index (χ2n) is 21.9. The van der Waals surface area contributed by atoms with E-state index in [1.165, 1.54) is 86.1 Å². The molecular formula is C65H55F10I2N15O10S5. The maximum atomic E-state index is 14.4. The first-order valence-electron chi connectivity index (χ1n) is 29.2. The number of para-hydroxylation sites is 3. The second kappa shape index (κ2) is 34.8. The third-order valence-electron chi connectivity index (χ3n) is 15.3. The Morgan fingerprint density at radius 3 is 1.40 bits per heavy atom. The molecule has 0 aliphatic heterocycles. The van der Waals surface area contributed by atoms with Crippen molar-refractivity contribution in [1.82, 2.24) is 62.8 Å². The van der Waals surface area contributed by atoms with Gasteiger partial charge in [0.2, 0.25) is 5.91 Å². The maximum Gasteiger partial charge on any atom is 0.422 e. The molecule has 14 rings (SSSR count). The molecule has 0 bridgehead atoms. The predicted octanol–water partition coefficient (Wildman–Crippen LogP) is 13.0. The summed E-state index contributed by atoms with van der Waals surface area (Å²) in [7, 11) is 8.80. The average molecular weight is 1810 g/mol. The van der Waals surface area contributed by atoms with Crippen molar-refractivity contribution >= 4 is 175 Å². The number of carboxylic acids is 1. The number of H-pyrrole nitrogens is 1. The van der Waals surface area contributed by atoms with E-state index >= 15 is 0 Å². The van der Waals surface area contributed by atoms with Crippen LogP contribution in [0.3, 0.4) is 0 Å². The number of halogens is 12. The number of carboxylic acid groups (broad SMARTS) is 1. The second-order valence-corrected chi connectivity index (χ2v) is 26.3. The summed E-state index contributed by atoms with van der Waals surface area (Å²) in [5, 5.41) is 38.2. The van der Waals surface area contributed by atoms with Crippen LogP contribution >= 0.6 is 93.9 Å². The maximum absolute atomic E-state index is 14.4. The number of thiophene rings is 4. The zero-order valence-electron chi connectivity index (χ0n) is 54.2. The molecule has 4 aromatic carbocycles. The first kappa shape index (κ1) is 84.4. The van der Waals surface area contributed by atoms with E-state index in [0.717, 1.165) is 70.9 Å². The number of anilines is 2. The number of amides is 1. The van der Waals surface area contributed by atoms with E-state index in [-0.39, 0.29) is 73.1 Å². The number of carbonyl (C=O) groups excluding carboxylic acids is 2. The van der Waals surface area contributed by atoms with Crippen molar-refractivity contribution in [2.45, 2.75) is 46.5 Å². The van der Waals surface area contributed by atoms with Crippen molar-refractivity contribution in [3.63, 3.8) is 0 Å². The van der Waals surface area contributed by atoms with Crippen LogP contribution in [0.15, 0.2) is 135 Å². The van der Waals surface area contributed by atoms with Crippen LogP contribution in [0.4, 0.5) is 54.0 Å². The summed E-state index contributed by atoms with van der Waals surface area (Å²) in [5.74, 6) is -8.68. The highest BCUT2D eigenvalue weighted by Crippen LogP contribution is 2.40. The molecule has 25 nitrogen and oxygen atoms in total. The molecule has 10 heterocycles. The summed E-state index contributed by atoms with van der Waals surface area (Å²) in [5.41, 5.74) is 2.39. The number of nitrogens with one attached hydrogen (secondary N) is 2. The SMILES string of the molecule is C.C.Cn1c(=O)c2c(CC(=O)Nc3nc(-c4ccc(F)c(C(F)(F)F)c4F)cs3)csc2n(C)c1=O.Cn1c(=O)c2c(CC(=O)O)csc2n(C)c1=O.Cn1c(=O)c2c(CC(=O)n3nnc4ccccc43)csc2n(C)c1=O.II.Nc1cc(-c2ccc(F)c(C(F)(F)F)c2F)cs1.c1ccc2n[nH]nc2c1. The van der Waals surface area contributed by atoms with E-state index in [1.807, 2.05) is 30.3 Å². The van der Waals surface area contributed by atoms with Crippen LogP contribution in [0.2, 0.25) is 0 Å². The molecule has 0 aliphatic carbocycles. The zero-order valence-corrected chi connectivity index (χ0v) is 62.6. The minimum Gasteiger partial charge on any atom is -0.481 e. The Labute approximate surface area is 637 Å². The number of aromatic nitrogens is 13. The highest BCUT2D eigenvalue weighted by atomic mass is 128. The Balaban J connectivity index is 0.000000194. The van der Waals surface area contributed by atoms with E-state index in [4.69, 9.17) is 10.8 Å². The number of nitrogens with zero attached hydrogens (tertiary/aromatic N) is 12. The fourth-order valence-corrected chi connectivity index (χ4v) is 14.7. The number of fused-ring (bicyclic) bond motifs is 5. The van der Waals surface area contributed by atoms with Crippen LogP contribution in [0.1, 0.15) is 47.5 Å². The normalized spacial score (nSPS) is 11.1. The number of aryl methyl sites for hydroxylation is 3. The van der Waals surface area contributed by atoms with Gasteiger partial charge in [-0.2, -0.15) is 46.4 Å². The van der Waals surface area contributed by atoms with Crippen molar-refractivity contribution in [2.24, 2.45) is 42.3 Å². The first-order valence-corrected chi connectivity index (χ1v) is 39.9. The third-order valence-corrected chi connectivity index (χ3v) is 20.1. The molecule has 1 amide bonds. The molecule has 0 radical (unpaired) electrons. The molecule has 0 aliphatic rings. The van der Waals surface area contributed by atoms with Crippen LogP contribution in [0, 0.1) is 23.3 Å². The van der Waals surface area contributed by atoms with Gasteiger partial charge in [0.15, 0.2) is 5.13 Å². The largest absolute Gasteiger partial charge is 0.481 e. The molecule has 10 aromatic heterocycles. The van der Waals surface area contributed by atoms with Crippen molar-refractivity contribution in [1.29, 1.82) is 0 Å². The smallest absolute Gasteiger partial charge is 0.422 e. The third kappa shape index (κ3) is 17.9. The summed E-state index contributed by atoms with van der Waals surface area (Å²) >= 11 is 9.74. The molecule has 42 heteroatoms. The lowest BCUT2D eigenvalue weighted by atomic mass is 10.0. The molecule has 0 atom stereocenters. The quantitative estimate of drug-likeness (QED) is 0.0770. The number of hydrogen-bond acceptors (Lipinski definition) is 20. The monoisotopic (exact) mass is 1810 g/mol. The van der Waals surface area contributed by atoms with Gasteiger partial charge in [-0.05, 0) is 93.0 Å². The first-order chi connectivity index (χ1) is 49.6. The summed E-state index contributed by atoms with van der Waals surface area (Å²) in [4.78, 5) is 114. The lowest BCUT2D eigenvalue weighted by molar-refractivity contribution is -0.143. The fraction of sp³-hybridized carbons (Fsp3) is 0.200. The van der Waals surface area contributed by atoms with Gasteiger partial charge in [0.1, 0.15) is 65.4 Å². The van der Waals surface area contributed by atoms with Crippen molar-refractivity contribution < 1.29 is 63.4 Å². The summed E-state index contributed by atoms with van der Waals surface area (Å²) in [6.45, 7) is 0. The number of nitrogens with two attached hydrogens (primary N) is 1. The van der Waals surface area contributed by atoms with Gasteiger partial charge in [-0.15, -0.1) is 61.8 Å². The van der Waals surface area contributed by atoms with E-state index < -0.39 is 92.2 Å². The molecule has 0 spiro atoms. The number of thiazole rings is 1. The number of alkyl halides is 6. The van der Waals surface area contributed by atoms with Crippen molar-refractivity contribution in [3.8, 4) is 22.4 Å². The number of aromatic amines is 1. The topological polar surface area (TPSA) is 327 Å². The van der Waals surface area contributed by atoms with Crippen LogP contribution in [0.5, 0.6) is 0 Å². The Bertz CT molecular complexity index is 6050. The molecule has 0 saturated carbocycles. The van der Waals surface area contributed by atoms with Crippen LogP contribution in [-0.2, 0) is 83.5 Å². The van der Waals surface area contributed by atoms with Gasteiger partial charge in [0, 0.05) is 101 Å². The highest BCUT2D eigenvalue weighted by Gasteiger charge is 2.40. The van der Waals surface area contributed by atoms with Gasteiger partial charge in [-0.25, -0.2) is 36.9 Å². The standard InChI is InChI=1S/C20H13F5N4O3S2.C16H13N5O3S.C11H6F5NS.C10H10N2O4S.C6H5N3.2CH4.I2/c1-28-16(31)13-8(6-33-17(13)29(2)19(28)32)5-12(30)27-18-26-11(7-34-18)9-3-4-10(21)14(15(9)22)20(23,24)25;1-19-14(23)13-9(8-25-15(13)20(2)16(19)24)7-12(22)21-11-6-4-3-5-10(11)17-18-21;12-7-2-1-6(5-3-8(17)18-4-5)10(13)9(7)11(14,15)16;1-11-8(15)7-5(3-6(13)14)4-17-9(7)12(2)10(11)16;1-2-4-6-5(3-1)7-9-8-6;;;1-2/h3-4,6-7H,5H2,1-2H3,(H,26,27,30);3-6,8H,7H2,1-2H3;1-4H,17H2;4H,3H2,1-2H3,(H,13,14);1-4H,(H,7,8,9);2*1H4;. The Hall–Kier alpha value is -9.90. The molecule has 107 heavy (non-hydrogen) atoms. The van der Waals surface area contributed by atoms with Crippen molar-refractivity contribution in [3.05, 3.63) is 219 Å². The van der Waals surface area contributed by atoms with Gasteiger partial charge < -0.3 is 16.2 Å². The van der Waals surface area contributed by atoms with Gasteiger partial charge in [-0.3, -0.25) is 56.2 Å². The zero-order chi connectivity index (χ0) is 77.0. The van der Waals surface area contributed by atoms with Gasteiger partial charge in [0.25, 0.3) is 22.6 Å². The molecule has 14 aromatic rings. The minimum absolute atomic E-state index is 0. The predicted molar refractivity (Wildman–Crippen MR) is 409 cm³/mol. The molecule has 5 N–H and O–H groups in total. The number of nitrogen functional groups attached to an aromatic ring is 1. The Morgan fingerprint density at radius 2 is 0.963 bits per heavy atom. The summed E-state index contributed by atoms with van der Waals surface area (Å²) < 4.78 is 139. The van der Waals surface area contributed by atoms with E-state index in [0.29, 0.717) is 70.1 Å². The average Bonchev–Trinajstić information content (AvgIpc) is 1.71. The lowest BCUT2D eigenvalue weighted by Crippen LogP contribution is -2.36. The van der Waals surface area contributed by atoms with Crippen molar-refractivity contribution in [2.75, 3.05) is 11.1 Å². The number of hydrogen-bond donors (Lipinski definition) is 4. The Kier molecular flexibility index (Phi) is 27.4. The number of rotatable bonds is 9. The molecule has 564 valence electrons.